The van der Waals surface area contributed by atoms with E-state index in [4.69, 9.17) is 37.1 Å². The molecular weight excluding hydrogens is 457 g/mol. The standard InChI is InChI=1S/C17H19ClN4O3.C2HF3O2/c1-10-7-15(21-17(19)20-10)22-5-2-6-25-9-14(22)12-4-3-11(16(23)24)8-13(12)18;3-2(4,5)1(6)7/h3-4,7-8,14H,2,5-6,9H2,1H3,(H,23,24)(H2,19,20,21);(H,6,7)/t14-;/m0./s1. The lowest BCUT2D eigenvalue weighted by Gasteiger charge is -2.31. The van der Waals surface area contributed by atoms with Crippen LogP contribution in [-0.2, 0) is 9.53 Å². The average Bonchev–Trinajstić information content (AvgIpc) is 2.92. The minimum atomic E-state index is -5.08. The molecule has 0 bridgehead atoms. The fourth-order valence-electron chi connectivity index (χ4n) is 2.96. The number of carboxylic acid groups (broad SMARTS) is 2. The highest BCUT2D eigenvalue weighted by molar-refractivity contribution is 6.31. The quantitative estimate of drug-likeness (QED) is 0.608. The number of nitrogens with zero attached hydrogens (tertiary/aromatic N) is 3. The number of alkyl halides is 3. The van der Waals surface area contributed by atoms with Gasteiger partial charge in [-0.15, -0.1) is 0 Å². The summed E-state index contributed by atoms with van der Waals surface area (Å²) in [7, 11) is 0. The van der Waals surface area contributed by atoms with E-state index < -0.39 is 18.1 Å². The molecule has 4 N–H and O–H groups in total. The molecule has 0 saturated carbocycles. The van der Waals surface area contributed by atoms with Gasteiger partial charge in [0.2, 0.25) is 5.95 Å². The number of carboxylic acids is 2. The van der Waals surface area contributed by atoms with Gasteiger partial charge in [-0.3, -0.25) is 0 Å². The lowest BCUT2D eigenvalue weighted by molar-refractivity contribution is -0.192. The number of ether oxygens (including phenoxy) is 1. The van der Waals surface area contributed by atoms with Gasteiger partial charge >= 0.3 is 18.1 Å². The van der Waals surface area contributed by atoms with Gasteiger partial charge in [0.1, 0.15) is 5.82 Å². The highest BCUT2D eigenvalue weighted by atomic mass is 35.5. The highest BCUT2D eigenvalue weighted by Crippen LogP contribution is 2.33. The van der Waals surface area contributed by atoms with E-state index in [1.807, 2.05) is 13.0 Å². The SMILES string of the molecule is Cc1cc(N2CCCOC[C@H]2c2ccc(C(=O)O)cc2Cl)nc(N)n1.O=C(O)C(F)(F)F. The fourth-order valence-corrected chi connectivity index (χ4v) is 3.27. The Morgan fingerprint density at radius 2 is 1.91 bits per heavy atom. The van der Waals surface area contributed by atoms with Gasteiger partial charge in [-0.25, -0.2) is 14.6 Å². The van der Waals surface area contributed by atoms with E-state index in [1.54, 1.807) is 12.1 Å². The smallest absolute Gasteiger partial charge is 0.478 e. The van der Waals surface area contributed by atoms with Gasteiger partial charge in [0, 0.05) is 29.9 Å². The van der Waals surface area contributed by atoms with Crippen LogP contribution < -0.4 is 10.6 Å². The highest BCUT2D eigenvalue weighted by Gasteiger charge is 2.38. The summed E-state index contributed by atoms with van der Waals surface area (Å²) in [6, 6.07) is 6.42. The second kappa shape index (κ2) is 10.5. The summed E-state index contributed by atoms with van der Waals surface area (Å²) in [5.41, 5.74) is 7.52. The van der Waals surface area contributed by atoms with Crippen LogP contribution in [0.3, 0.4) is 0 Å². The van der Waals surface area contributed by atoms with Crippen LogP contribution in [0, 0.1) is 6.92 Å². The Kier molecular flexibility index (Phi) is 8.22. The Morgan fingerprint density at radius 3 is 2.44 bits per heavy atom. The largest absolute Gasteiger partial charge is 0.490 e. The zero-order valence-corrected chi connectivity index (χ0v) is 17.5. The van der Waals surface area contributed by atoms with Crippen molar-refractivity contribution < 1.29 is 37.7 Å². The Labute approximate surface area is 185 Å². The van der Waals surface area contributed by atoms with Crippen LogP contribution in [0.2, 0.25) is 5.02 Å². The normalized spacial score (nSPS) is 16.5. The third-order valence-electron chi connectivity index (χ3n) is 4.34. The first kappa shape index (κ1) is 25.1. The van der Waals surface area contributed by atoms with Crippen molar-refractivity contribution in [3.05, 3.63) is 46.1 Å². The molecule has 1 saturated heterocycles. The zero-order valence-electron chi connectivity index (χ0n) is 16.8. The van der Waals surface area contributed by atoms with Crippen LogP contribution in [0.4, 0.5) is 24.9 Å². The van der Waals surface area contributed by atoms with Crippen molar-refractivity contribution in [3.63, 3.8) is 0 Å². The molecule has 32 heavy (non-hydrogen) atoms. The molecular formula is C19H20ClF3N4O5. The predicted molar refractivity (Wildman–Crippen MR) is 109 cm³/mol. The fraction of sp³-hybridized carbons (Fsp3) is 0.368. The van der Waals surface area contributed by atoms with Crippen molar-refractivity contribution in [2.75, 3.05) is 30.4 Å². The molecule has 2 aromatic rings. The Balaban J connectivity index is 0.000000451. The Hall–Kier alpha value is -3.12. The second-order valence-corrected chi connectivity index (χ2v) is 7.11. The molecule has 1 aliphatic heterocycles. The van der Waals surface area contributed by atoms with Gasteiger partial charge in [0.25, 0.3) is 0 Å². The molecule has 0 aliphatic carbocycles. The Bertz CT molecular complexity index is 970. The van der Waals surface area contributed by atoms with E-state index in [2.05, 4.69) is 14.9 Å². The van der Waals surface area contributed by atoms with Gasteiger partial charge in [0.05, 0.1) is 18.2 Å². The summed E-state index contributed by atoms with van der Waals surface area (Å²) in [6.07, 6.45) is -4.25. The molecule has 0 radical (unpaired) electrons. The summed E-state index contributed by atoms with van der Waals surface area (Å²) in [5, 5.41) is 16.6. The molecule has 0 unspecified atom stereocenters. The number of hydrogen-bond donors (Lipinski definition) is 3. The Morgan fingerprint density at radius 1 is 1.25 bits per heavy atom. The number of aromatic nitrogens is 2. The molecule has 9 nitrogen and oxygen atoms in total. The van der Waals surface area contributed by atoms with Gasteiger partial charge in [-0.2, -0.15) is 18.2 Å². The van der Waals surface area contributed by atoms with E-state index in [0.29, 0.717) is 24.1 Å². The van der Waals surface area contributed by atoms with Crippen LogP contribution in [0.5, 0.6) is 0 Å². The van der Waals surface area contributed by atoms with Crippen LogP contribution in [0.15, 0.2) is 24.3 Å². The van der Waals surface area contributed by atoms with Crippen molar-refractivity contribution in [1.29, 1.82) is 0 Å². The van der Waals surface area contributed by atoms with Gasteiger partial charge in [-0.05, 0) is 31.0 Å². The number of hydrogen-bond acceptors (Lipinski definition) is 7. The summed E-state index contributed by atoms with van der Waals surface area (Å²) in [5.74, 6) is -2.85. The van der Waals surface area contributed by atoms with E-state index in [0.717, 1.165) is 24.2 Å². The topological polar surface area (TPSA) is 139 Å². The maximum Gasteiger partial charge on any atom is 0.490 e. The van der Waals surface area contributed by atoms with Crippen molar-refractivity contribution in [1.82, 2.24) is 9.97 Å². The maximum atomic E-state index is 11.1. The minimum Gasteiger partial charge on any atom is -0.478 e. The van der Waals surface area contributed by atoms with E-state index in [-0.39, 0.29) is 17.6 Å². The maximum absolute atomic E-state index is 11.1. The van der Waals surface area contributed by atoms with Crippen LogP contribution >= 0.6 is 11.6 Å². The third kappa shape index (κ3) is 6.69. The van der Waals surface area contributed by atoms with Gasteiger partial charge in [-0.1, -0.05) is 17.7 Å². The number of benzene rings is 1. The molecule has 0 spiro atoms. The number of aryl methyl sites for hydroxylation is 1. The van der Waals surface area contributed by atoms with Gasteiger partial charge < -0.3 is 25.6 Å². The summed E-state index contributed by atoms with van der Waals surface area (Å²) in [6.45, 7) is 3.64. The van der Waals surface area contributed by atoms with E-state index >= 15 is 0 Å². The monoisotopic (exact) mass is 476 g/mol. The molecule has 2 heterocycles. The molecule has 174 valence electrons. The van der Waals surface area contributed by atoms with Crippen molar-refractivity contribution in [2.45, 2.75) is 25.6 Å². The molecule has 1 fully saturated rings. The predicted octanol–water partition coefficient (Wildman–Crippen LogP) is 3.32. The van der Waals surface area contributed by atoms with Crippen LogP contribution in [-0.4, -0.2) is 58.1 Å². The van der Waals surface area contributed by atoms with E-state index in [9.17, 15) is 18.0 Å². The molecule has 1 atom stereocenters. The first-order valence-electron chi connectivity index (χ1n) is 9.18. The number of anilines is 2. The number of carbonyl (C=O) groups is 2. The molecule has 1 aliphatic rings. The van der Waals surface area contributed by atoms with Crippen LogP contribution in [0.25, 0.3) is 0 Å². The number of aromatic carboxylic acids is 1. The number of rotatable bonds is 3. The lowest BCUT2D eigenvalue weighted by atomic mass is 10.0. The first-order chi connectivity index (χ1) is 14.9. The number of aliphatic carboxylic acids is 1. The number of nitrogens with two attached hydrogens (primary N) is 1. The van der Waals surface area contributed by atoms with Crippen molar-refractivity contribution in [3.8, 4) is 0 Å². The molecule has 3 rings (SSSR count). The number of nitrogen functional groups attached to an aromatic ring is 1. The third-order valence-corrected chi connectivity index (χ3v) is 4.67. The second-order valence-electron chi connectivity index (χ2n) is 6.71. The molecule has 1 aromatic heterocycles. The van der Waals surface area contributed by atoms with Crippen molar-refractivity contribution in [2.24, 2.45) is 0 Å². The van der Waals surface area contributed by atoms with Crippen molar-refractivity contribution >= 4 is 35.3 Å². The van der Waals surface area contributed by atoms with Crippen LogP contribution in [0.1, 0.15) is 34.1 Å². The summed E-state index contributed by atoms with van der Waals surface area (Å²) < 4.78 is 37.5. The van der Waals surface area contributed by atoms with E-state index in [1.165, 1.54) is 6.07 Å². The average molecular weight is 477 g/mol. The summed E-state index contributed by atoms with van der Waals surface area (Å²) >= 11 is 6.37. The van der Waals surface area contributed by atoms with Gasteiger partial charge in [0.15, 0.2) is 0 Å². The zero-order chi connectivity index (χ0) is 24.1. The lowest BCUT2D eigenvalue weighted by Crippen LogP contribution is -2.32. The number of halogens is 4. The summed E-state index contributed by atoms with van der Waals surface area (Å²) in [4.78, 5) is 30.6. The molecule has 13 heteroatoms. The molecule has 0 amide bonds. The first-order valence-corrected chi connectivity index (χ1v) is 9.56. The molecule has 1 aromatic carbocycles. The minimum absolute atomic E-state index is 0.150.